The van der Waals surface area contributed by atoms with Crippen LogP contribution in [0, 0.1) is 0 Å². The Balaban J connectivity index is 2.14. The number of nitrogens with one attached hydrogen (secondary N) is 1. The van der Waals surface area contributed by atoms with Crippen molar-refractivity contribution in [3.8, 4) is 0 Å². The molecule has 1 heterocycles. The molecule has 0 saturated carbocycles. The topological polar surface area (TPSA) is 37.8 Å². The van der Waals surface area contributed by atoms with Gasteiger partial charge in [0, 0.05) is 10.9 Å². The molecule has 2 rings (SSSR count). The first-order valence-electron chi connectivity index (χ1n) is 5.67. The van der Waals surface area contributed by atoms with Crippen LogP contribution in [0.1, 0.15) is 25.5 Å². The maximum absolute atomic E-state index is 6.30. The van der Waals surface area contributed by atoms with E-state index in [1.807, 2.05) is 12.1 Å². The quantitative estimate of drug-likeness (QED) is 0.905. The van der Waals surface area contributed by atoms with Gasteiger partial charge in [0.05, 0.1) is 5.02 Å². The van der Waals surface area contributed by atoms with Crippen molar-refractivity contribution in [2.45, 2.75) is 29.1 Å². The number of hydrogen-bond donors (Lipinski definition) is 1. The monoisotopic (exact) mass is 299 g/mol. The van der Waals surface area contributed by atoms with Gasteiger partial charge in [-0.3, -0.25) is 0 Å². The van der Waals surface area contributed by atoms with E-state index in [4.69, 9.17) is 11.6 Å². The summed E-state index contributed by atoms with van der Waals surface area (Å²) in [6.45, 7) is 5.17. The van der Waals surface area contributed by atoms with Gasteiger partial charge in [-0.15, -0.1) is 10.2 Å². The van der Waals surface area contributed by atoms with Crippen LogP contribution in [-0.4, -0.2) is 16.7 Å². The first kappa shape index (κ1) is 13.8. The number of halogens is 1. The lowest BCUT2D eigenvalue weighted by Gasteiger charge is -2.13. The second kappa shape index (κ2) is 6.52. The minimum Gasteiger partial charge on any atom is -0.310 e. The largest absolute Gasteiger partial charge is 0.310 e. The lowest BCUT2D eigenvalue weighted by atomic mass is 10.1. The van der Waals surface area contributed by atoms with Gasteiger partial charge in [-0.25, -0.2) is 0 Å². The molecule has 1 aromatic heterocycles. The van der Waals surface area contributed by atoms with Crippen LogP contribution in [0.2, 0.25) is 5.02 Å². The highest BCUT2D eigenvalue weighted by molar-refractivity contribution is 8.01. The van der Waals surface area contributed by atoms with E-state index in [1.54, 1.807) is 17.3 Å². The van der Waals surface area contributed by atoms with Crippen molar-refractivity contribution in [1.29, 1.82) is 0 Å². The summed E-state index contributed by atoms with van der Waals surface area (Å²) in [6.07, 6.45) is 0. The fourth-order valence-corrected chi connectivity index (χ4v) is 3.34. The average molecular weight is 300 g/mol. The van der Waals surface area contributed by atoms with Gasteiger partial charge in [-0.2, -0.15) is 0 Å². The molecule has 0 aliphatic carbocycles. The van der Waals surface area contributed by atoms with Crippen LogP contribution in [0.25, 0.3) is 0 Å². The van der Waals surface area contributed by atoms with E-state index in [2.05, 4.69) is 35.4 Å². The molecule has 96 valence electrons. The fourth-order valence-electron chi connectivity index (χ4n) is 1.59. The van der Waals surface area contributed by atoms with Crippen LogP contribution in [0.5, 0.6) is 0 Å². The van der Waals surface area contributed by atoms with Crippen molar-refractivity contribution >= 4 is 34.7 Å². The van der Waals surface area contributed by atoms with Crippen molar-refractivity contribution in [1.82, 2.24) is 15.5 Å². The Hall–Kier alpha value is -0.620. The minimum atomic E-state index is 0.313. The Morgan fingerprint density at radius 1 is 1.50 bits per heavy atom. The molecule has 0 aliphatic rings. The van der Waals surface area contributed by atoms with Crippen LogP contribution in [0.4, 0.5) is 0 Å². The zero-order valence-electron chi connectivity index (χ0n) is 10.2. The number of hydrogen-bond acceptors (Lipinski definition) is 5. The summed E-state index contributed by atoms with van der Waals surface area (Å²) >= 11 is 9.36. The lowest BCUT2D eigenvalue weighted by molar-refractivity contribution is 0.598. The van der Waals surface area contributed by atoms with Gasteiger partial charge in [-0.05, 0) is 31.2 Å². The lowest BCUT2D eigenvalue weighted by Crippen LogP contribution is -2.17. The third kappa shape index (κ3) is 3.45. The maximum atomic E-state index is 6.30. The van der Waals surface area contributed by atoms with Gasteiger partial charge in [-0.1, -0.05) is 47.7 Å². The van der Waals surface area contributed by atoms with Crippen LogP contribution < -0.4 is 5.32 Å². The van der Waals surface area contributed by atoms with Crippen molar-refractivity contribution in [3.05, 3.63) is 34.3 Å². The van der Waals surface area contributed by atoms with Gasteiger partial charge in [0.15, 0.2) is 4.34 Å². The molecule has 3 nitrogen and oxygen atoms in total. The van der Waals surface area contributed by atoms with Gasteiger partial charge in [0.2, 0.25) is 0 Å². The molecule has 0 spiro atoms. The number of benzene rings is 1. The number of rotatable bonds is 5. The van der Waals surface area contributed by atoms with E-state index in [1.165, 1.54) is 16.9 Å². The molecule has 0 saturated heterocycles. The minimum absolute atomic E-state index is 0.313. The van der Waals surface area contributed by atoms with E-state index in [9.17, 15) is 0 Å². The molecule has 1 unspecified atom stereocenters. The van der Waals surface area contributed by atoms with Gasteiger partial charge < -0.3 is 5.32 Å². The summed E-state index contributed by atoms with van der Waals surface area (Å²) in [7, 11) is 0. The van der Waals surface area contributed by atoms with Gasteiger partial charge in [0.25, 0.3) is 0 Å². The van der Waals surface area contributed by atoms with Crippen molar-refractivity contribution < 1.29 is 0 Å². The van der Waals surface area contributed by atoms with E-state index < -0.39 is 0 Å². The van der Waals surface area contributed by atoms with Crippen LogP contribution >= 0.6 is 34.7 Å². The Bertz CT molecular complexity index is 502. The first-order valence-corrected chi connectivity index (χ1v) is 7.75. The molecule has 0 radical (unpaired) electrons. The summed E-state index contributed by atoms with van der Waals surface area (Å²) in [5.41, 5.74) is 2.92. The summed E-state index contributed by atoms with van der Waals surface area (Å²) in [5, 5.41) is 11.9. The fraction of sp³-hybridized carbons (Fsp3) is 0.333. The highest BCUT2D eigenvalue weighted by atomic mass is 35.5. The van der Waals surface area contributed by atoms with E-state index >= 15 is 0 Å². The zero-order chi connectivity index (χ0) is 13.0. The van der Waals surface area contributed by atoms with Crippen LogP contribution in [-0.2, 0) is 0 Å². The van der Waals surface area contributed by atoms with E-state index in [0.717, 1.165) is 20.8 Å². The number of aromatic nitrogens is 2. The normalized spacial score (nSPS) is 12.6. The summed E-state index contributed by atoms with van der Waals surface area (Å²) in [6, 6.07) is 6.46. The Morgan fingerprint density at radius 3 is 2.94 bits per heavy atom. The van der Waals surface area contributed by atoms with Crippen molar-refractivity contribution in [3.63, 3.8) is 0 Å². The van der Waals surface area contributed by atoms with Crippen molar-refractivity contribution in [2.24, 2.45) is 0 Å². The third-order valence-corrected chi connectivity index (χ3v) is 4.78. The first-order chi connectivity index (χ1) is 8.70. The predicted molar refractivity (Wildman–Crippen MR) is 77.6 cm³/mol. The predicted octanol–water partition coefficient (Wildman–Crippen LogP) is 4.01. The Kier molecular flexibility index (Phi) is 5.00. The smallest absolute Gasteiger partial charge is 0.178 e. The third-order valence-electron chi connectivity index (χ3n) is 2.50. The summed E-state index contributed by atoms with van der Waals surface area (Å²) in [5.74, 6) is 0. The molecule has 0 fully saturated rings. The van der Waals surface area contributed by atoms with E-state index in [0.29, 0.717) is 6.04 Å². The van der Waals surface area contributed by atoms with Gasteiger partial charge >= 0.3 is 0 Å². The van der Waals surface area contributed by atoms with E-state index in [-0.39, 0.29) is 0 Å². The summed E-state index contributed by atoms with van der Waals surface area (Å²) in [4.78, 5) is 1.01. The standard InChI is InChI=1S/C12H14ClN3S2/c1-3-14-8(2)9-4-5-11(10(13)6-9)18-12-16-15-7-17-12/h4-8,14H,3H2,1-2H3. The molecule has 1 aromatic carbocycles. The highest BCUT2D eigenvalue weighted by Gasteiger charge is 2.09. The molecular weight excluding hydrogens is 286 g/mol. The second-order valence-corrected chi connectivity index (χ2v) is 6.31. The van der Waals surface area contributed by atoms with Crippen LogP contribution in [0.3, 0.4) is 0 Å². The molecule has 0 amide bonds. The van der Waals surface area contributed by atoms with Crippen LogP contribution in [0.15, 0.2) is 32.9 Å². The van der Waals surface area contributed by atoms with Crippen molar-refractivity contribution in [2.75, 3.05) is 6.54 Å². The molecule has 0 bridgehead atoms. The Morgan fingerprint density at radius 2 is 2.33 bits per heavy atom. The van der Waals surface area contributed by atoms with Gasteiger partial charge in [0.1, 0.15) is 5.51 Å². The SMILES string of the molecule is CCNC(C)c1ccc(Sc2nncs2)c(Cl)c1. The molecule has 1 N–H and O–H groups in total. The Labute approximate surface area is 120 Å². The summed E-state index contributed by atoms with van der Waals surface area (Å²) < 4.78 is 0.907. The average Bonchev–Trinajstić information content (AvgIpc) is 2.85. The molecule has 6 heteroatoms. The zero-order valence-corrected chi connectivity index (χ0v) is 12.6. The molecule has 1 atom stereocenters. The molecule has 2 aromatic rings. The molecule has 0 aliphatic heterocycles. The molecular formula is C12H14ClN3S2. The second-order valence-electron chi connectivity index (χ2n) is 3.78. The maximum Gasteiger partial charge on any atom is 0.178 e. The number of nitrogens with zero attached hydrogens (tertiary/aromatic N) is 2. The highest BCUT2D eigenvalue weighted by Crippen LogP contribution is 2.35. The molecule has 18 heavy (non-hydrogen) atoms.